The lowest BCUT2D eigenvalue weighted by molar-refractivity contribution is -0.713. The molecule has 12 nitrogen and oxygen atoms in total. The molecule has 0 aromatic rings. The fraction of sp³-hybridized carbons (Fsp3) is 0.860. The summed E-state index contributed by atoms with van der Waals surface area (Å²) in [5.74, 6) is -0.293. The summed E-state index contributed by atoms with van der Waals surface area (Å²) >= 11 is 0. The van der Waals surface area contributed by atoms with Gasteiger partial charge in [0.1, 0.15) is 47.0 Å². The number of piperidine rings is 1. The van der Waals surface area contributed by atoms with Gasteiger partial charge in [0, 0.05) is 30.6 Å². The number of fused-ring (bicyclic) bond motifs is 3. The number of rotatable bonds is 4. The van der Waals surface area contributed by atoms with Crippen LogP contribution in [0.4, 0.5) is 0 Å². The average molecular weight is 834 g/mol. The maximum atomic E-state index is 15.3. The molecule has 17 unspecified atom stereocenters. The maximum Gasteiger partial charge on any atom is 0.187 e. The normalized spacial score (nSPS) is 50.4. The van der Waals surface area contributed by atoms with E-state index in [9.17, 15) is 35.4 Å². The Hall–Kier alpha value is -1.04. The van der Waals surface area contributed by atoms with Gasteiger partial charge in [-0.05, 0) is 105 Å². The topological polar surface area (TPSA) is 203 Å². The number of allylic oxidation sites excluding steroid dienone is 4. The quantitative estimate of drug-likeness (QED) is 0.193. The van der Waals surface area contributed by atoms with E-state index in [1.165, 1.54) is 10.8 Å². The highest BCUT2D eigenvalue weighted by molar-refractivity contribution is 8.76. The number of carbonyl (C=O) groups excluding carboxylic acids is 2. The molecule has 6 bridgehead atoms. The minimum atomic E-state index is -2.04. The predicted octanol–water partition coefficient (Wildman–Crippen LogP) is 2.72. The molecule has 318 valence electrons. The lowest BCUT2D eigenvalue weighted by Gasteiger charge is -2.58. The van der Waals surface area contributed by atoms with E-state index in [1.54, 1.807) is 16.9 Å². The van der Waals surface area contributed by atoms with Gasteiger partial charge < -0.3 is 45.4 Å². The van der Waals surface area contributed by atoms with Gasteiger partial charge in [-0.25, -0.2) is 0 Å². The van der Waals surface area contributed by atoms with Gasteiger partial charge in [0.25, 0.3) is 0 Å². The number of hydrogen-bond donors (Lipinski definition) is 8. The Bertz CT molecular complexity index is 1600. The third-order valence-electron chi connectivity index (χ3n) is 16.9. The van der Waals surface area contributed by atoms with Crippen LogP contribution in [0.3, 0.4) is 0 Å². The van der Waals surface area contributed by atoms with E-state index in [1.807, 2.05) is 6.08 Å². The second-order valence-electron chi connectivity index (χ2n) is 19.6. The van der Waals surface area contributed by atoms with Crippen molar-refractivity contribution >= 4 is 33.2 Å². The molecular formula is C43H65N2O10S2+. The van der Waals surface area contributed by atoms with Crippen molar-refractivity contribution in [3.05, 3.63) is 23.5 Å². The monoisotopic (exact) mass is 833 g/mol. The highest BCUT2D eigenvalue weighted by Gasteiger charge is 2.67. The van der Waals surface area contributed by atoms with Crippen LogP contribution in [-0.2, 0) is 19.1 Å². The second-order valence-corrected chi connectivity index (χ2v) is 22.1. The molecule has 9 rings (SSSR count). The van der Waals surface area contributed by atoms with Crippen LogP contribution in [0.1, 0.15) is 96.3 Å². The van der Waals surface area contributed by atoms with E-state index in [-0.39, 0.29) is 59.5 Å². The fourth-order valence-corrected chi connectivity index (χ4v) is 16.4. The number of aliphatic hydroxyl groups is 6. The zero-order chi connectivity index (χ0) is 39.7. The van der Waals surface area contributed by atoms with Gasteiger partial charge in [-0.1, -0.05) is 53.3 Å². The maximum absolute atomic E-state index is 15.3. The summed E-state index contributed by atoms with van der Waals surface area (Å²) in [6.07, 6.45) is 9.41. The number of quaternary nitrogens is 1. The highest BCUT2D eigenvalue weighted by Crippen LogP contribution is 2.63. The third kappa shape index (κ3) is 6.95. The molecule has 14 heteroatoms. The summed E-state index contributed by atoms with van der Waals surface area (Å²) in [5, 5.41) is 75.5. The van der Waals surface area contributed by atoms with Crippen LogP contribution in [0, 0.1) is 58.2 Å². The lowest BCUT2D eigenvalue weighted by atomic mass is 9.51. The molecule has 57 heavy (non-hydrogen) atoms. The van der Waals surface area contributed by atoms with Crippen LogP contribution in [0.2, 0.25) is 0 Å². The van der Waals surface area contributed by atoms with Gasteiger partial charge in [0.15, 0.2) is 12.1 Å². The molecule has 6 aliphatic carbocycles. The fourth-order valence-electron chi connectivity index (χ4n) is 14.1. The largest absolute Gasteiger partial charge is 0.511 e. The first kappa shape index (κ1) is 41.3. The summed E-state index contributed by atoms with van der Waals surface area (Å²) in [7, 11) is 3.12. The smallest absolute Gasteiger partial charge is 0.187 e. The molecule has 3 heterocycles. The van der Waals surface area contributed by atoms with E-state index < -0.39 is 66.1 Å². The van der Waals surface area contributed by atoms with Gasteiger partial charge in [-0.3, -0.25) is 14.9 Å². The number of Topliss-reactive ketones (excluding diaryl/α,β-unsaturated/α-hetero) is 2. The first-order valence-electron chi connectivity index (χ1n) is 22.1. The number of ketones is 2. The second kappa shape index (κ2) is 16.3. The number of nitrogens with two attached hydrogens (primary N) is 1. The van der Waals surface area contributed by atoms with Gasteiger partial charge >= 0.3 is 0 Å². The number of carbonyl (C=O) groups is 2. The van der Waals surface area contributed by atoms with Crippen LogP contribution in [-0.4, -0.2) is 116 Å². The Labute approximate surface area is 344 Å². The van der Waals surface area contributed by atoms with E-state index >= 15 is 4.79 Å². The van der Waals surface area contributed by atoms with Crippen LogP contribution in [0.5, 0.6) is 0 Å². The molecule has 17 atom stereocenters. The van der Waals surface area contributed by atoms with Gasteiger partial charge in [-0.15, -0.1) is 0 Å². The standard InChI is InChI=1S/C43H64N2O10S2/c46-18-24-5-1-4-23(12-24)13-25-14-30-36(49)28-7-2-8-31-35(28)38(51)42(30,33(48)15-25)21-56-57-22-45-34-16-29-26(17-44-34)9-10-27-6-3-11-41(27,29)20-43(53)37(50)32(19-47)55-40(54-31)39(43)52/h14-15,23-24,26-32,34-35,37,39-40,44-48,50,52-53H,1-13,16-22H2/p+1. The Morgan fingerprint density at radius 2 is 1.74 bits per heavy atom. The van der Waals surface area contributed by atoms with Gasteiger partial charge in [0.05, 0.1) is 37.0 Å². The Balaban J connectivity index is 1.07. The zero-order valence-electron chi connectivity index (χ0n) is 33.1. The molecule has 9 aliphatic rings. The molecule has 3 saturated heterocycles. The summed E-state index contributed by atoms with van der Waals surface area (Å²) in [6, 6.07) is 0. The van der Waals surface area contributed by atoms with Gasteiger partial charge in [-0.2, -0.15) is 0 Å². The van der Waals surface area contributed by atoms with Crippen molar-refractivity contribution in [3.63, 3.8) is 0 Å². The van der Waals surface area contributed by atoms with Crippen molar-refractivity contribution in [1.29, 1.82) is 0 Å². The van der Waals surface area contributed by atoms with E-state index in [0.29, 0.717) is 49.3 Å². The van der Waals surface area contributed by atoms with Crippen LogP contribution in [0.15, 0.2) is 23.5 Å². The summed E-state index contributed by atoms with van der Waals surface area (Å²) < 4.78 is 12.8. The first-order valence-corrected chi connectivity index (χ1v) is 24.6. The molecule has 8 fully saturated rings. The Morgan fingerprint density at radius 3 is 2.56 bits per heavy atom. The van der Waals surface area contributed by atoms with E-state index in [2.05, 4.69) is 10.6 Å². The molecule has 3 aliphatic heterocycles. The summed E-state index contributed by atoms with van der Waals surface area (Å²) in [6.45, 7) is 0.519. The van der Waals surface area contributed by atoms with Crippen molar-refractivity contribution in [2.75, 3.05) is 31.4 Å². The van der Waals surface area contributed by atoms with E-state index in [0.717, 1.165) is 76.3 Å². The average Bonchev–Trinajstić information content (AvgIpc) is 3.64. The van der Waals surface area contributed by atoms with Crippen molar-refractivity contribution in [1.82, 2.24) is 5.32 Å². The molecule has 9 N–H and O–H groups in total. The number of hydrogen-bond acceptors (Lipinski definition) is 13. The Morgan fingerprint density at radius 1 is 0.912 bits per heavy atom. The van der Waals surface area contributed by atoms with Crippen molar-refractivity contribution in [3.8, 4) is 0 Å². The van der Waals surface area contributed by atoms with Crippen LogP contribution in [0.25, 0.3) is 0 Å². The minimum Gasteiger partial charge on any atom is -0.511 e. The molecular weight excluding hydrogens is 769 g/mol. The lowest BCUT2D eigenvalue weighted by Crippen LogP contribution is -2.97. The van der Waals surface area contributed by atoms with Crippen molar-refractivity contribution < 1.29 is 55.0 Å². The van der Waals surface area contributed by atoms with Crippen LogP contribution < -0.4 is 10.6 Å². The SMILES string of the molecule is O=C1C2CCCC3OC4OC(CO)C(O)C(O)(CC56CCCC5CCC5C[NH2+]C(CC56)NCSSCC5(C(=O)C32)C(O)=CC(CC2CCCC(CO)C2)=CC15)C4O. The molecule has 0 amide bonds. The highest BCUT2D eigenvalue weighted by atomic mass is 33.1. The number of aliphatic hydroxyl groups excluding tert-OH is 5. The molecule has 5 saturated carbocycles. The number of nitrogens with one attached hydrogen (secondary N) is 1. The summed E-state index contributed by atoms with van der Waals surface area (Å²) in [5.41, 5.74) is -2.97. The minimum absolute atomic E-state index is 0.0774. The zero-order valence-corrected chi connectivity index (χ0v) is 34.7. The third-order valence-corrected chi connectivity index (χ3v) is 19.1. The first-order chi connectivity index (χ1) is 27.5. The molecule has 0 aromatic heterocycles. The Kier molecular flexibility index (Phi) is 11.8. The van der Waals surface area contributed by atoms with Crippen LogP contribution >= 0.6 is 21.6 Å². The molecule has 0 radical (unpaired) electrons. The van der Waals surface area contributed by atoms with E-state index in [4.69, 9.17) is 9.47 Å². The molecule has 0 aromatic carbocycles. The van der Waals surface area contributed by atoms with Crippen molar-refractivity contribution in [2.45, 2.75) is 139 Å². The summed E-state index contributed by atoms with van der Waals surface area (Å²) in [4.78, 5) is 30.2. The predicted molar refractivity (Wildman–Crippen MR) is 214 cm³/mol. The van der Waals surface area contributed by atoms with Crippen molar-refractivity contribution in [2.24, 2.45) is 58.2 Å². The number of ether oxygens (including phenoxy) is 2. The van der Waals surface area contributed by atoms with Gasteiger partial charge in [0.2, 0.25) is 0 Å². The molecule has 2 spiro atoms.